The van der Waals surface area contributed by atoms with Crippen molar-refractivity contribution in [1.29, 1.82) is 0 Å². The molecule has 0 saturated heterocycles. The van der Waals surface area contributed by atoms with Gasteiger partial charge in [-0.3, -0.25) is 9.59 Å². The van der Waals surface area contributed by atoms with Gasteiger partial charge in [0.05, 0.1) is 5.75 Å². The van der Waals surface area contributed by atoms with E-state index in [9.17, 15) is 9.59 Å². The van der Waals surface area contributed by atoms with Crippen LogP contribution in [-0.2, 0) is 9.59 Å². The maximum atomic E-state index is 12.0. The molecule has 0 aliphatic carbocycles. The van der Waals surface area contributed by atoms with Crippen LogP contribution >= 0.6 is 23.4 Å². The molecule has 21 heavy (non-hydrogen) atoms. The van der Waals surface area contributed by atoms with E-state index in [1.807, 2.05) is 0 Å². The number of halogens is 1. The Morgan fingerprint density at radius 3 is 2.52 bits per heavy atom. The number of ether oxygens (including phenoxy) is 1. The van der Waals surface area contributed by atoms with Gasteiger partial charge >= 0.3 is 5.97 Å². The number of nitrogens with one attached hydrogen (secondary N) is 1. The highest BCUT2D eigenvalue weighted by Crippen LogP contribution is 2.20. The number of hydrogen-bond donors (Lipinski definition) is 2. The summed E-state index contributed by atoms with van der Waals surface area (Å²) in [5.74, 6) is 0.00111. The lowest BCUT2D eigenvalue weighted by molar-refractivity contribution is -0.134. The van der Waals surface area contributed by atoms with Crippen LogP contribution in [-0.4, -0.2) is 40.6 Å². The molecule has 1 amide bonds. The van der Waals surface area contributed by atoms with Crippen LogP contribution in [0.25, 0.3) is 0 Å². The van der Waals surface area contributed by atoms with Gasteiger partial charge in [-0.25, -0.2) is 0 Å². The highest BCUT2D eigenvalue weighted by molar-refractivity contribution is 7.99. The fourth-order valence-electron chi connectivity index (χ4n) is 1.45. The number of amides is 1. The second kappa shape index (κ2) is 8.14. The van der Waals surface area contributed by atoms with Crippen LogP contribution in [0.2, 0.25) is 5.02 Å². The maximum Gasteiger partial charge on any atom is 0.313 e. The molecule has 0 fully saturated rings. The van der Waals surface area contributed by atoms with Gasteiger partial charge in [-0.15, -0.1) is 11.8 Å². The molecule has 7 heteroatoms. The van der Waals surface area contributed by atoms with Crippen LogP contribution in [0, 0.1) is 0 Å². The van der Waals surface area contributed by atoms with E-state index in [2.05, 4.69) is 5.32 Å². The zero-order valence-electron chi connectivity index (χ0n) is 11.9. The first-order chi connectivity index (χ1) is 9.81. The predicted octanol–water partition coefficient (Wildman–Crippen LogP) is 2.43. The summed E-state index contributed by atoms with van der Waals surface area (Å²) < 4.78 is 5.64. The molecule has 0 atom stereocenters. The van der Waals surface area contributed by atoms with Crippen LogP contribution in [0.3, 0.4) is 0 Å². The van der Waals surface area contributed by atoms with Gasteiger partial charge in [0.2, 0.25) is 0 Å². The molecule has 0 heterocycles. The molecule has 1 aromatic carbocycles. The third-order valence-corrected chi connectivity index (χ3v) is 3.69. The van der Waals surface area contributed by atoms with Gasteiger partial charge in [-0.05, 0) is 38.1 Å². The number of carbonyl (C=O) groups is 2. The molecule has 0 aliphatic rings. The molecule has 0 aromatic heterocycles. The third kappa shape index (κ3) is 6.73. The predicted molar refractivity (Wildman–Crippen MR) is 84.1 cm³/mol. The summed E-state index contributed by atoms with van der Waals surface area (Å²) in [4.78, 5) is 22.4. The summed E-state index contributed by atoms with van der Waals surface area (Å²) in [6.07, 6.45) is 0. The fourth-order valence-corrected chi connectivity index (χ4v) is 2.14. The quantitative estimate of drug-likeness (QED) is 0.715. The lowest BCUT2D eigenvalue weighted by Crippen LogP contribution is -2.47. The lowest BCUT2D eigenvalue weighted by Gasteiger charge is -2.25. The summed E-state index contributed by atoms with van der Waals surface area (Å²) in [7, 11) is 0. The molecule has 1 rings (SSSR count). The minimum Gasteiger partial charge on any atom is -0.481 e. The van der Waals surface area contributed by atoms with Gasteiger partial charge in [0, 0.05) is 17.3 Å². The first-order valence-electron chi connectivity index (χ1n) is 6.33. The molecule has 0 radical (unpaired) electrons. The molecule has 0 spiro atoms. The monoisotopic (exact) mass is 331 g/mol. The Labute approximate surface area is 133 Å². The van der Waals surface area contributed by atoms with Crippen molar-refractivity contribution in [3.63, 3.8) is 0 Å². The number of benzene rings is 1. The van der Waals surface area contributed by atoms with Gasteiger partial charge < -0.3 is 15.2 Å². The molecular weight excluding hydrogens is 314 g/mol. The van der Waals surface area contributed by atoms with E-state index in [4.69, 9.17) is 21.4 Å². The van der Waals surface area contributed by atoms with Crippen molar-refractivity contribution in [2.24, 2.45) is 0 Å². The zero-order chi connectivity index (χ0) is 15.9. The molecule has 5 nitrogen and oxygen atoms in total. The normalized spacial score (nSPS) is 11.0. The Kier molecular flexibility index (Phi) is 6.84. The number of hydrogen-bond acceptors (Lipinski definition) is 4. The van der Waals surface area contributed by atoms with Gasteiger partial charge in [-0.1, -0.05) is 11.6 Å². The zero-order valence-corrected chi connectivity index (χ0v) is 13.5. The molecule has 0 aliphatic heterocycles. The Balaban J connectivity index is 2.40. The molecule has 116 valence electrons. The second-order valence-electron chi connectivity index (χ2n) is 4.77. The first-order valence-corrected chi connectivity index (χ1v) is 7.87. The van der Waals surface area contributed by atoms with E-state index >= 15 is 0 Å². The number of rotatable bonds is 8. The summed E-state index contributed by atoms with van der Waals surface area (Å²) in [5.41, 5.74) is -1.02. The van der Waals surface area contributed by atoms with E-state index in [0.717, 1.165) is 0 Å². The van der Waals surface area contributed by atoms with Crippen molar-refractivity contribution < 1.29 is 19.4 Å². The van der Waals surface area contributed by atoms with E-state index in [0.29, 0.717) is 23.1 Å². The van der Waals surface area contributed by atoms with Crippen LogP contribution in [0.4, 0.5) is 0 Å². The Morgan fingerprint density at radius 1 is 1.33 bits per heavy atom. The smallest absolute Gasteiger partial charge is 0.313 e. The summed E-state index contributed by atoms with van der Waals surface area (Å²) in [6, 6.07) is 6.76. The molecule has 0 saturated carbocycles. The largest absolute Gasteiger partial charge is 0.481 e. The maximum absolute atomic E-state index is 12.0. The molecule has 0 unspecified atom stereocenters. The molecule has 2 N–H and O–H groups in total. The number of carboxylic acid groups (broad SMARTS) is 1. The average molecular weight is 332 g/mol. The van der Waals surface area contributed by atoms with E-state index < -0.39 is 11.6 Å². The standard InChI is InChI=1S/C14H18ClNO4S/c1-14(2,20-11-5-3-10(15)4-6-11)13(19)16-7-8-21-9-12(17)18/h3-6H,7-9H2,1-2H3,(H,16,19)(H,17,18). The van der Waals surface area contributed by atoms with Gasteiger partial charge in [0.25, 0.3) is 5.91 Å². The second-order valence-corrected chi connectivity index (χ2v) is 6.31. The lowest BCUT2D eigenvalue weighted by atomic mass is 10.1. The minimum atomic E-state index is -1.02. The number of aliphatic carboxylic acids is 1. The van der Waals surface area contributed by atoms with Gasteiger partial charge in [0.15, 0.2) is 5.60 Å². The van der Waals surface area contributed by atoms with Crippen LogP contribution in [0.5, 0.6) is 5.75 Å². The third-order valence-electron chi connectivity index (χ3n) is 2.49. The highest BCUT2D eigenvalue weighted by Gasteiger charge is 2.29. The number of carboxylic acids is 1. The van der Waals surface area contributed by atoms with Crippen molar-refractivity contribution in [3.05, 3.63) is 29.3 Å². The van der Waals surface area contributed by atoms with Crippen molar-refractivity contribution in [2.75, 3.05) is 18.1 Å². The molecular formula is C14H18ClNO4S. The Bertz CT molecular complexity index is 490. The van der Waals surface area contributed by atoms with Gasteiger partial charge in [0.1, 0.15) is 5.75 Å². The fraction of sp³-hybridized carbons (Fsp3) is 0.429. The summed E-state index contributed by atoms with van der Waals surface area (Å²) in [5, 5.41) is 11.8. The summed E-state index contributed by atoms with van der Waals surface area (Å²) in [6.45, 7) is 3.73. The molecule has 1 aromatic rings. The van der Waals surface area contributed by atoms with Gasteiger partial charge in [-0.2, -0.15) is 0 Å². The highest BCUT2D eigenvalue weighted by atomic mass is 35.5. The van der Waals surface area contributed by atoms with Crippen LogP contribution < -0.4 is 10.1 Å². The van der Waals surface area contributed by atoms with E-state index in [-0.39, 0.29) is 11.7 Å². The van der Waals surface area contributed by atoms with E-state index in [1.165, 1.54) is 11.8 Å². The first kappa shape index (κ1) is 17.7. The number of carbonyl (C=O) groups excluding carboxylic acids is 1. The van der Waals surface area contributed by atoms with Crippen molar-refractivity contribution >= 4 is 35.2 Å². The minimum absolute atomic E-state index is 0.0283. The van der Waals surface area contributed by atoms with Crippen LogP contribution in [0.1, 0.15) is 13.8 Å². The van der Waals surface area contributed by atoms with Crippen molar-refractivity contribution in [2.45, 2.75) is 19.4 Å². The van der Waals surface area contributed by atoms with Crippen molar-refractivity contribution in [1.82, 2.24) is 5.32 Å². The Morgan fingerprint density at radius 2 is 1.95 bits per heavy atom. The van der Waals surface area contributed by atoms with E-state index in [1.54, 1.807) is 38.1 Å². The SMILES string of the molecule is CC(C)(Oc1ccc(Cl)cc1)C(=O)NCCSCC(=O)O. The Hall–Kier alpha value is -1.40. The topological polar surface area (TPSA) is 75.6 Å². The number of thioether (sulfide) groups is 1. The van der Waals surface area contributed by atoms with Crippen molar-refractivity contribution in [3.8, 4) is 5.75 Å². The average Bonchev–Trinajstić information content (AvgIpc) is 2.40. The summed E-state index contributed by atoms with van der Waals surface area (Å²) >= 11 is 7.04. The van der Waals surface area contributed by atoms with Crippen LogP contribution in [0.15, 0.2) is 24.3 Å². The molecule has 0 bridgehead atoms.